The van der Waals surface area contributed by atoms with Crippen LogP contribution in [0.5, 0.6) is 0 Å². The van der Waals surface area contributed by atoms with Crippen molar-refractivity contribution < 1.29 is 27.4 Å². The van der Waals surface area contributed by atoms with Crippen molar-refractivity contribution in [2.24, 2.45) is 5.92 Å². The zero-order valence-corrected chi connectivity index (χ0v) is 13.4. The molecule has 130 valence electrons. The van der Waals surface area contributed by atoms with Gasteiger partial charge in [0.05, 0.1) is 17.7 Å². The van der Waals surface area contributed by atoms with Gasteiger partial charge in [-0.2, -0.15) is 13.2 Å². The van der Waals surface area contributed by atoms with Gasteiger partial charge in [0, 0.05) is 19.6 Å². The zero-order chi connectivity index (χ0) is 17.5. The summed E-state index contributed by atoms with van der Waals surface area (Å²) in [6, 6.07) is 3.90. The van der Waals surface area contributed by atoms with Gasteiger partial charge in [0.25, 0.3) is 0 Å². The summed E-state index contributed by atoms with van der Waals surface area (Å²) in [4.78, 5) is 12.7. The first-order chi connectivity index (χ1) is 11.3. The van der Waals surface area contributed by atoms with Gasteiger partial charge in [0.1, 0.15) is 0 Å². The van der Waals surface area contributed by atoms with E-state index in [0.717, 1.165) is 6.07 Å². The maximum Gasteiger partial charge on any atom is 0.416 e. The van der Waals surface area contributed by atoms with Crippen LogP contribution < -0.4 is 5.32 Å². The van der Waals surface area contributed by atoms with Crippen LogP contribution in [-0.4, -0.2) is 32.1 Å². The van der Waals surface area contributed by atoms with E-state index in [0.29, 0.717) is 19.6 Å². The molecule has 0 spiro atoms. The van der Waals surface area contributed by atoms with Crippen molar-refractivity contribution in [2.45, 2.75) is 25.6 Å². The second kappa shape index (κ2) is 6.12. The Morgan fingerprint density at radius 3 is 2.62 bits per heavy atom. The number of alkyl halides is 3. The summed E-state index contributed by atoms with van der Waals surface area (Å²) in [5.74, 6) is -0.161. The first-order valence-electron chi connectivity index (χ1n) is 7.71. The van der Waals surface area contributed by atoms with Crippen molar-refractivity contribution in [1.82, 2.24) is 5.32 Å². The molecule has 1 fully saturated rings. The van der Waals surface area contributed by atoms with Crippen molar-refractivity contribution >= 4 is 11.4 Å². The van der Waals surface area contributed by atoms with Crippen molar-refractivity contribution in [3.8, 4) is 0 Å². The number of halogens is 3. The molecule has 7 heteroatoms. The first-order valence-corrected chi connectivity index (χ1v) is 7.71. The van der Waals surface area contributed by atoms with Crippen molar-refractivity contribution in [2.75, 3.05) is 20.3 Å². The Morgan fingerprint density at radius 1 is 1.29 bits per heavy atom. The lowest BCUT2D eigenvalue weighted by atomic mass is 9.91. The molecule has 1 aromatic carbocycles. The molecule has 1 saturated heterocycles. The standard InChI is InChI=1S/C17H18F3NO3/c1-9-3-4-10(7-12(9)17(18,19)20)13-14(22)15(24-16(13)21-2)11-5-6-23-8-11/h3-4,7,11,15,21H,5-6,8H2,1-2H3. The summed E-state index contributed by atoms with van der Waals surface area (Å²) in [6.07, 6.45) is -4.48. The average molecular weight is 341 g/mol. The molecule has 24 heavy (non-hydrogen) atoms. The van der Waals surface area contributed by atoms with E-state index in [1.807, 2.05) is 0 Å². The van der Waals surface area contributed by atoms with Crippen LogP contribution in [0.25, 0.3) is 5.57 Å². The average Bonchev–Trinajstić information content (AvgIpc) is 3.14. The van der Waals surface area contributed by atoms with E-state index in [1.54, 1.807) is 7.05 Å². The normalized spacial score (nSPS) is 24.5. The molecule has 1 aromatic rings. The topological polar surface area (TPSA) is 47.6 Å². The van der Waals surface area contributed by atoms with Crippen LogP contribution in [0.1, 0.15) is 23.1 Å². The number of aryl methyl sites for hydroxylation is 1. The van der Waals surface area contributed by atoms with Crippen LogP contribution in [0.15, 0.2) is 24.1 Å². The molecule has 2 unspecified atom stereocenters. The van der Waals surface area contributed by atoms with Crippen molar-refractivity contribution in [1.29, 1.82) is 0 Å². The van der Waals surface area contributed by atoms with Crippen LogP contribution >= 0.6 is 0 Å². The Morgan fingerprint density at radius 2 is 2.04 bits per heavy atom. The maximum absolute atomic E-state index is 13.1. The number of benzene rings is 1. The van der Waals surface area contributed by atoms with E-state index in [4.69, 9.17) is 9.47 Å². The van der Waals surface area contributed by atoms with Gasteiger partial charge in [0.15, 0.2) is 12.0 Å². The van der Waals surface area contributed by atoms with Gasteiger partial charge in [-0.1, -0.05) is 12.1 Å². The van der Waals surface area contributed by atoms with E-state index < -0.39 is 17.8 Å². The third kappa shape index (κ3) is 2.88. The second-order valence-corrected chi connectivity index (χ2v) is 6.01. The summed E-state index contributed by atoms with van der Waals surface area (Å²) in [5, 5.41) is 2.78. The summed E-state index contributed by atoms with van der Waals surface area (Å²) < 4.78 is 50.4. The van der Waals surface area contributed by atoms with Gasteiger partial charge in [-0.25, -0.2) is 0 Å². The number of Topliss-reactive ketones (excluding diaryl/α,β-unsaturated/α-hetero) is 1. The molecule has 2 atom stereocenters. The molecule has 1 N–H and O–H groups in total. The van der Waals surface area contributed by atoms with E-state index >= 15 is 0 Å². The molecular formula is C17H18F3NO3. The number of rotatable bonds is 3. The zero-order valence-electron chi connectivity index (χ0n) is 13.4. The molecule has 2 aliphatic rings. The van der Waals surface area contributed by atoms with E-state index in [2.05, 4.69) is 5.32 Å². The van der Waals surface area contributed by atoms with Gasteiger partial charge in [-0.3, -0.25) is 4.79 Å². The lowest BCUT2D eigenvalue weighted by Gasteiger charge is -2.16. The molecular weight excluding hydrogens is 323 g/mol. The van der Waals surface area contributed by atoms with Gasteiger partial charge in [-0.05, 0) is 30.5 Å². The quantitative estimate of drug-likeness (QED) is 0.918. The van der Waals surface area contributed by atoms with Crippen LogP contribution in [0.3, 0.4) is 0 Å². The van der Waals surface area contributed by atoms with E-state index in [9.17, 15) is 18.0 Å². The van der Waals surface area contributed by atoms with Crippen LogP contribution in [0.4, 0.5) is 13.2 Å². The third-order valence-electron chi connectivity index (χ3n) is 4.43. The highest BCUT2D eigenvalue weighted by Gasteiger charge is 2.42. The van der Waals surface area contributed by atoms with Crippen molar-refractivity contribution in [3.05, 3.63) is 40.8 Å². The Kier molecular flexibility index (Phi) is 4.29. The van der Waals surface area contributed by atoms with Gasteiger partial charge in [-0.15, -0.1) is 0 Å². The molecule has 3 rings (SSSR count). The van der Waals surface area contributed by atoms with Crippen LogP contribution in [0.2, 0.25) is 0 Å². The lowest BCUT2D eigenvalue weighted by molar-refractivity contribution is -0.138. The largest absolute Gasteiger partial charge is 0.467 e. The lowest BCUT2D eigenvalue weighted by Crippen LogP contribution is -2.29. The summed E-state index contributed by atoms with van der Waals surface area (Å²) in [6.45, 7) is 2.37. The maximum atomic E-state index is 13.1. The van der Waals surface area contributed by atoms with Gasteiger partial charge >= 0.3 is 6.18 Å². The number of hydrogen-bond donors (Lipinski definition) is 1. The Hall–Kier alpha value is -2.02. The molecule has 2 aliphatic heterocycles. The predicted molar refractivity (Wildman–Crippen MR) is 81.0 cm³/mol. The molecule has 2 heterocycles. The molecule has 4 nitrogen and oxygen atoms in total. The van der Waals surface area contributed by atoms with Crippen molar-refractivity contribution in [3.63, 3.8) is 0 Å². The smallest absolute Gasteiger partial charge is 0.416 e. The highest BCUT2D eigenvalue weighted by molar-refractivity contribution is 6.25. The molecule has 0 radical (unpaired) electrons. The number of nitrogens with one attached hydrogen (secondary N) is 1. The number of ether oxygens (including phenoxy) is 2. The first kappa shape index (κ1) is 16.8. The van der Waals surface area contributed by atoms with E-state index in [1.165, 1.54) is 19.1 Å². The summed E-state index contributed by atoms with van der Waals surface area (Å²) >= 11 is 0. The summed E-state index contributed by atoms with van der Waals surface area (Å²) in [5.41, 5.74) is -0.253. The number of ketones is 1. The Balaban J connectivity index is 1.99. The molecule has 0 aromatic heterocycles. The van der Waals surface area contributed by atoms with E-state index in [-0.39, 0.29) is 34.3 Å². The highest BCUT2D eigenvalue weighted by atomic mass is 19.4. The second-order valence-electron chi connectivity index (χ2n) is 6.01. The fourth-order valence-electron chi connectivity index (χ4n) is 3.14. The Bertz CT molecular complexity index is 691. The number of carbonyl (C=O) groups excluding carboxylic acids is 1. The van der Waals surface area contributed by atoms with Crippen LogP contribution in [0, 0.1) is 12.8 Å². The minimum atomic E-state index is -4.47. The van der Waals surface area contributed by atoms with Crippen LogP contribution in [-0.2, 0) is 20.4 Å². The van der Waals surface area contributed by atoms with Gasteiger partial charge < -0.3 is 14.8 Å². The summed E-state index contributed by atoms with van der Waals surface area (Å²) in [7, 11) is 1.58. The van der Waals surface area contributed by atoms with Gasteiger partial charge in [0.2, 0.25) is 5.78 Å². The number of carbonyl (C=O) groups is 1. The minimum Gasteiger partial charge on any atom is -0.467 e. The third-order valence-corrected chi connectivity index (χ3v) is 4.43. The SMILES string of the molecule is CNC1=C(c2ccc(C)c(C(F)(F)F)c2)C(=O)C(C2CCOC2)O1. The molecule has 0 saturated carbocycles. The highest BCUT2D eigenvalue weighted by Crippen LogP contribution is 2.38. The molecule has 0 bridgehead atoms. The fraction of sp³-hybridized carbons (Fsp3) is 0.471. The Labute approximate surface area is 137 Å². The monoisotopic (exact) mass is 341 g/mol. The predicted octanol–water partition coefficient (Wildman–Crippen LogP) is 2.91. The fourth-order valence-corrected chi connectivity index (χ4v) is 3.14. The molecule has 0 aliphatic carbocycles. The molecule has 0 amide bonds. The minimum absolute atomic E-state index is 0.0779. The number of hydrogen-bond acceptors (Lipinski definition) is 4.